The Kier molecular flexibility index (Phi) is 4.65. The van der Waals surface area contributed by atoms with Gasteiger partial charge in [0, 0.05) is 21.8 Å². The van der Waals surface area contributed by atoms with E-state index in [2.05, 4.69) is 15.2 Å². The van der Waals surface area contributed by atoms with E-state index in [-0.39, 0.29) is 12.1 Å². The number of thiophene rings is 1. The normalized spacial score (nSPS) is 19.9. The average Bonchev–Trinajstić information content (AvgIpc) is 3.20. The van der Waals surface area contributed by atoms with Crippen LogP contribution in [0.15, 0.2) is 60.8 Å². The third kappa shape index (κ3) is 3.25. The van der Waals surface area contributed by atoms with Crippen LogP contribution in [0.3, 0.4) is 0 Å². The van der Waals surface area contributed by atoms with Crippen LogP contribution in [0.25, 0.3) is 0 Å². The van der Waals surface area contributed by atoms with Crippen LogP contribution in [0.2, 0.25) is 9.36 Å². The summed E-state index contributed by atoms with van der Waals surface area (Å²) in [6.07, 6.45) is 1.80. The molecule has 1 N–H and O–H groups in total. The number of hydrogen-bond acceptors (Lipinski definition) is 3. The molecule has 25 heavy (non-hydrogen) atoms. The van der Waals surface area contributed by atoms with E-state index in [9.17, 15) is 0 Å². The Balaban J connectivity index is 1.81. The molecular weight excluding hydrogens is 393 g/mol. The highest BCUT2D eigenvalue weighted by Crippen LogP contribution is 2.44. The number of nitrogens with one attached hydrogen (secondary N) is 1. The highest BCUT2D eigenvalue weighted by molar-refractivity contribution is 7.80. The van der Waals surface area contributed by atoms with Gasteiger partial charge >= 0.3 is 0 Å². The third-order valence-electron chi connectivity index (χ3n) is 4.09. The lowest BCUT2D eigenvalue weighted by atomic mass is 10.0. The van der Waals surface area contributed by atoms with Gasteiger partial charge in [0.15, 0.2) is 5.11 Å². The number of halogens is 2. The van der Waals surface area contributed by atoms with Gasteiger partial charge < -0.3 is 10.2 Å². The first kappa shape index (κ1) is 16.8. The van der Waals surface area contributed by atoms with Crippen molar-refractivity contribution >= 4 is 57.6 Å². The van der Waals surface area contributed by atoms with Gasteiger partial charge in [-0.1, -0.05) is 29.3 Å². The Labute approximate surface area is 165 Å². The van der Waals surface area contributed by atoms with Gasteiger partial charge in [-0.05, 0) is 60.7 Å². The lowest BCUT2D eigenvalue weighted by Gasteiger charge is -2.26. The van der Waals surface area contributed by atoms with Crippen molar-refractivity contribution in [2.45, 2.75) is 12.1 Å². The number of pyridine rings is 1. The van der Waals surface area contributed by atoms with Crippen LogP contribution in [0.4, 0.5) is 5.69 Å². The second-order valence-corrected chi connectivity index (χ2v) is 8.18. The number of nitrogens with zero attached hydrogens (tertiary/aromatic N) is 2. The van der Waals surface area contributed by atoms with Crippen molar-refractivity contribution < 1.29 is 0 Å². The van der Waals surface area contributed by atoms with E-state index in [0.29, 0.717) is 10.1 Å². The Morgan fingerprint density at radius 1 is 1.04 bits per heavy atom. The summed E-state index contributed by atoms with van der Waals surface area (Å²) in [6, 6.07) is 17.5. The zero-order valence-electron chi connectivity index (χ0n) is 12.9. The molecule has 1 aliphatic rings. The Hall–Kier alpha value is -1.66. The lowest BCUT2D eigenvalue weighted by Crippen LogP contribution is -2.28. The SMILES string of the molecule is S=C1N[C@H](c2ccccn2)[C@H](c2ccc(Cl)s2)N1c1ccc(Cl)cc1. The maximum Gasteiger partial charge on any atom is 0.174 e. The summed E-state index contributed by atoms with van der Waals surface area (Å²) in [5.41, 5.74) is 1.92. The Bertz CT molecular complexity index is 896. The summed E-state index contributed by atoms with van der Waals surface area (Å²) in [5.74, 6) is 0. The predicted molar refractivity (Wildman–Crippen MR) is 109 cm³/mol. The van der Waals surface area contributed by atoms with Crippen LogP contribution in [0.5, 0.6) is 0 Å². The van der Waals surface area contributed by atoms with E-state index in [1.165, 1.54) is 0 Å². The van der Waals surface area contributed by atoms with E-state index in [0.717, 1.165) is 20.6 Å². The summed E-state index contributed by atoms with van der Waals surface area (Å²) in [4.78, 5) is 7.75. The van der Waals surface area contributed by atoms with E-state index in [4.69, 9.17) is 35.4 Å². The van der Waals surface area contributed by atoms with Crippen molar-refractivity contribution in [3.63, 3.8) is 0 Å². The maximum atomic E-state index is 6.20. The predicted octanol–water partition coefficient (Wildman–Crippen LogP) is 5.63. The van der Waals surface area contributed by atoms with Crippen molar-refractivity contribution in [1.82, 2.24) is 10.3 Å². The summed E-state index contributed by atoms with van der Waals surface area (Å²) in [5, 5.41) is 4.77. The van der Waals surface area contributed by atoms with Crippen LogP contribution < -0.4 is 10.2 Å². The van der Waals surface area contributed by atoms with Gasteiger partial charge in [-0.15, -0.1) is 11.3 Å². The summed E-state index contributed by atoms with van der Waals surface area (Å²) in [6.45, 7) is 0. The first-order valence-electron chi connectivity index (χ1n) is 7.65. The first-order chi connectivity index (χ1) is 12.1. The van der Waals surface area contributed by atoms with Gasteiger partial charge in [0.2, 0.25) is 0 Å². The minimum Gasteiger partial charge on any atom is -0.351 e. The number of rotatable bonds is 3. The van der Waals surface area contributed by atoms with Gasteiger partial charge in [-0.2, -0.15) is 0 Å². The van der Waals surface area contributed by atoms with Gasteiger partial charge in [0.1, 0.15) is 0 Å². The highest BCUT2D eigenvalue weighted by Gasteiger charge is 2.41. The van der Waals surface area contributed by atoms with Crippen LogP contribution in [0, 0.1) is 0 Å². The van der Waals surface area contributed by atoms with Crippen molar-refractivity contribution in [1.29, 1.82) is 0 Å². The Morgan fingerprint density at radius 3 is 2.48 bits per heavy atom. The molecule has 1 aromatic carbocycles. The fourth-order valence-corrected chi connectivity index (χ4v) is 4.67. The molecule has 1 fully saturated rings. The minimum atomic E-state index is -0.0564. The van der Waals surface area contributed by atoms with E-state index in [1.807, 2.05) is 54.6 Å². The standard InChI is InChI=1S/C18H13Cl2N3S2/c19-11-4-6-12(7-5-11)23-17(14-8-9-15(20)25-14)16(22-18(23)24)13-3-1-2-10-21-13/h1-10,16-17H,(H,22,24)/t16-,17+/m1/s1. The smallest absolute Gasteiger partial charge is 0.174 e. The molecule has 7 heteroatoms. The minimum absolute atomic E-state index is 0.0268. The number of aromatic nitrogens is 1. The van der Waals surface area contributed by atoms with Crippen molar-refractivity contribution in [2.75, 3.05) is 4.90 Å². The van der Waals surface area contributed by atoms with Gasteiger partial charge in [-0.3, -0.25) is 4.98 Å². The van der Waals surface area contributed by atoms with Crippen molar-refractivity contribution in [3.8, 4) is 0 Å². The molecule has 0 radical (unpaired) electrons. The number of thiocarbonyl (C=S) groups is 1. The molecule has 0 bridgehead atoms. The molecule has 0 unspecified atom stereocenters. The van der Waals surface area contributed by atoms with Crippen molar-refractivity contribution in [2.24, 2.45) is 0 Å². The number of anilines is 1. The zero-order chi connectivity index (χ0) is 17.4. The Morgan fingerprint density at radius 2 is 1.84 bits per heavy atom. The van der Waals surface area contributed by atoms with Crippen LogP contribution >= 0.6 is 46.8 Å². The summed E-state index contributed by atoms with van der Waals surface area (Å²) in [7, 11) is 0. The molecule has 4 rings (SSSR count). The number of benzene rings is 1. The van der Waals surface area contributed by atoms with Gasteiger partial charge in [0.05, 0.1) is 22.1 Å². The highest BCUT2D eigenvalue weighted by atomic mass is 35.5. The first-order valence-corrected chi connectivity index (χ1v) is 9.63. The quantitative estimate of drug-likeness (QED) is 0.571. The molecule has 0 amide bonds. The molecule has 1 aliphatic heterocycles. The molecule has 3 heterocycles. The third-order valence-corrected chi connectivity index (χ3v) is 5.96. The van der Waals surface area contributed by atoms with Gasteiger partial charge in [-0.25, -0.2) is 0 Å². The molecular formula is C18H13Cl2N3S2. The number of hydrogen-bond donors (Lipinski definition) is 1. The molecule has 1 saturated heterocycles. The van der Waals surface area contributed by atoms with Gasteiger partial charge in [0.25, 0.3) is 0 Å². The second kappa shape index (κ2) is 6.92. The fraction of sp³-hybridized carbons (Fsp3) is 0.111. The molecule has 3 nitrogen and oxygen atoms in total. The molecule has 2 atom stereocenters. The van der Waals surface area contributed by atoms with Crippen molar-refractivity contribution in [3.05, 3.63) is 80.7 Å². The molecule has 0 saturated carbocycles. The van der Waals surface area contributed by atoms with E-state index >= 15 is 0 Å². The summed E-state index contributed by atoms with van der Waals surface area (Å²) >= 11 is 19.4. The average molecular weight is 406 g/mol. The molecule has 0 spiro atoms. The largest absolute Gasteiger partial charge is 0.351 e. The maximum absolute atomic E-state index is 6.20. The molecule has 126 valence electrons. The molecule has 2 aromatic heterocycles. The van der Waals surface area contributed by atoms with E-state index in [1.54, 1.807) is 17.5 Å². The second-order valence-electron chi connectivity index (χ2n) is 5.61. The summed E-state index contributed by atoms with van der Waals surface area (Å²) < 4.78 is 0.753. The molecule has 3 aromatic rings. The van der Waals surface area contributed by atoms with E-state index < -0.39 is 0 Å². The monoisotopic (exact) mass is 405 g/mol. The molecule has 0 aliphatic carbocycles. The fourth-order valence-electron chi connectivity index (χ4n) is 3.01. The zero-order valence-corrected chi connectivity index (χ0v) is 16.0. The van der Waals surface area contributed by atoms with Crippen LogP contribution in [-0.4, -0.2) is 10.1 Å². The topological polar surface area (TPSA) is 28.2 Å². The van der Waals surface area contributed by atoms with Crippen LogP contribution in [-0.2, 0) is 0 Å². The van der Waals surface area contributed by atoms with Crippen LogP contribution in [0.1, 0.15) is 22.7 Å². The lowest BCUT2D eigenvalue weighted by molar-refractivity contribution is 0.575.